The summed E-state index contributed by atoms with van der Waals surface area (Å²) in [5.41, 5.74) is 2.13. The Morgan fingerprint density at radius 1 is 1.35 bits per heavy atom. The normalized spacial score (nSPS) is 19.4. The molecule has 1 N–H and O–H groups in total. The van der Waals surface area contributed by atoms with Crippen molar-refractivity contribution in [1.29, 1.82) is 5.26 Å². The van der Waals surface area contributed by atoms with Gasteiger partial charge >= 0.3 is 0 Å². The van der Waals surface area contributed by atoms with Gasteiger partial charge < -0.3 is 15.1 Å². The lowest BCUT2D eigenvalue weighted by Gasteiger charge is -2.42. The molecule has 1 saturated heterocycles. The summed E-state index contributed by atoms with van der Waals surface area (Å²) in [6.45, 7) is 3.15. The van der Waals surface area contributed by atoms with Crippen LogP contribution < -0.4 is 5.32 Å². The topological polar surface area (TPSA) is 59.4 Å². The number of carbonyl (C=O) groups is 1. The summed E-state index contributed by atoms with van der Waals surface area (Å²) < 4.78 is 0. The number of nitriles is 1. The fraction of sp³-hybridized carbons (Fsp3) is 0.619. The van der Waals surface area contributed by atoms with Crippen molar-refractivity contribution in [2.75, 3.05) is 40.3 Å². The summed E-state index contributed by atoms with van der Waals surface area (Å²) in [5, 5.41) is 12.9. The van der Waals surface area contributed by atoms with Crippen LogP contribution in [0.1, 0.15) is 36.8 Å². The maximum absolute atomic E-state index is 12.4. The molecule has 3 rings (SSSR count). The van der Waals surface area contributed by atoms with Crippen LogP contribution in [0.25, 0.3) is 0 Å². The van der Waals surface area contributed by atoms with Gasteiger partial charge in [0.15, 0.2) is 0 Å². The second kappa shape index (κ2) is 8.20. The van der Waals surface area contributed by atoms with E-state index >= 15 is 0 Å². The van der Waals surface area contributed by atoms with Crippen molar-refractivity contribution in [3.05, 3.63) is 35.4 Å². The largest absolute Gasteiger partial charge is 0.342 e. The van der Waals surface area contributed by atoms with Gasteiger partial charge in [0.25, 0.3) is 0 Å². The van der Waals surface area contributed by atoms with E-state index in [1.807, 2.05) is 42.1 Å². The van der Waals surface area contributed by atoms with E-state index in [0.717, 1.165) is 44.5 Å². The molecule has 5 heteroatoms. The Kier molecular flexibility index (Phi) is 5.95. The Balaban J connectivity index is 1.67. The van der Waals surface area contributed by atoms with Crippen LogP contribution in [0.5, 0.6) is 0 Å². The highest BCUT2D eigenvalue weighted by atomic mass is 16.2. The van der Waals surface area contributed by atoms with Crippen molar-refractivity contribution < 1.29 is 4.79 Å². The van der Waals surface area contributed by atoms with E-state index in [4.69, 9.17) is 0 Å². The molecule has 0 atom stereocenters. The van der Waals surface area contributed by atoms with Crippen LogP contribution in [0, 0.1) is 16.7 Å². The quantitative estimate of drug-likeness (QED) is 0.814. The van der Waals surface area contributed by atoms with Gasteiger partial charge in [0.1, 0.15) is 0 Å². The van der Waals surface area contributed by atoms with Crippen molar-refractivity contribution in [3.8, 4) is 6.07 Å². The SMILES string of the molecule is CN(C)CC(=O)N1CCC(CNC2CC2)(Cc2cccc(C#N)c2)CC1. The van der Waals surface area contributed by atoms with Gasteiger partial charge in [-0.3, -0.25) is 4.79 Å². The van der Waals surface area contributed by atoms with E-state index in [9.17, 15) is 10.1 Å². The van der Waals surface area contributed by atoms with Crippen molar-refractivity contribution in [2.24, 2.45) is 5.41 Å². The first-order chi connectivity index (χ1) is 12.5. The minimum Gasteiger partial charge on any atom is -0.342 e. The molecule has 0 unspecified atom stereocenters. The second-order valence-corrected chi connectivity index (χ2v) is 8.26. The van der Waals surface area contributed by atoms with Crippen LogP contribution in [0.15, 0.2) is 24.3 Å². The summed E-state index contributed by atoms with van der Waals surface area (Å²) in [7, 11) is 3.88. The number of likely N-dealkylation sites (N-methyl/N-ethyl adjacent to an activating group) is 1. The van der Waals surface area contributed by atoms with E-state index in [1.165, 1.54) is 18.4 Å². The van der Waals surface area contributed by atoms with E-state index in [1.54, 1.807) is 0 Å². The molecular formula is C21H30N4O. The maximum Gasteiger partial charge on any atom is 0.236 e. The lowest BCUT2D eigenvalue weighted by Crippen LogP contribution is -2.50. The number of rotatable bonds is 7. The molecule has 140 valence electrons. The average molecular weight is 354 g/mol. The van der Waals surface area contributed by atoms with Crippen molar-refractivity contribution in [1.82, 2.24) is 15.1 Å². The zero-order valence-electron chi connectivity index (χ0n) is 16.0. The zero-order valence-corrected chi connectivity index (χ0v) is 16.0. The Morgan fingerprint density at radius 3 is 2.69 bits per heavy atom. The van der Waals surface area contributed by atoms with E-state index in [0.29, 0.717) is 12.6 Å². The molecule has 1 aromatic carbocycles. The van der Waals surface area contributed by atoms with E-state index < -0.39 is 0 Å². The van der Waals surface area contributed by atoms with Crippen molar-refractivity contribution in [3.63, 3.8) is 0 Å². The van der Waals surface area contributed by atoms with Gasteiger partial charge in [-0.2, -0.15) is 5.26 Å². The Bertz CT molecular complexity index is 667. The second-order valence-electron chi connectivity index (χ2n) is 8.26. The number of carbonyl (C=O) groups excluding carboxylic acids is 1. The molecule has 0 bridgehead atoms. The highest BCUT2D eigenvalue weighted by molar-refractivity contribution is 5.78. The number of piperidine rings is 1. The standard InChI is InChI=1S/C21H30N4O/c1-24(2)15-20(26)25-10-8-21(9-11-25,16-23-19-6-7-19)13-17-4-3-5-18(12-17)14-22/h3-5,12,19,23H,6-11,13,15-16H2,1-2H3. The molecule has 1 aromatic rings. The average Bonchev–Trinajstić information content (AvgIpc) is 3.45. The van der Waals surface area contributed by atoms with Gasteiger partial charge in [-0.25, -0.2) is 0 Å². The molecule has 1 saturated carbocycles. The number of likely N-dealkylation sites (tertiary alicyclic amines) is 1. The molecule has 1 amide bonds. The van der Waals surface area contributed by atoms with Crippen molar-refractivity contribution in [2.45, 2.75) is 38.1 Å². The first kappa shape index (κ1) is 18.9. The Labute approximate surface area is 157 Å². The maximum atomic E-state index is 12.4. The molecule has 1 aliphatic carbocycles. The van der Waals surface area contributed by atoms with Crippen LogP contribution in [0.4, 0.5) is 0 Å². The molecule has 2 fully saturated rings. The predicted molar refractivity (Wildman–Crippen MR) is 103 cm³/mol. The number of benzene rings is 1. The summed E-state index contributed by atoms with van der Waals surface area (Å²) in [6, 6.07) is 10.9. The van der Waals surface area contributed by atoms with Crippen LogP contribution in [-0.2, 0) is 11.2 Å². The fourth-order valence-corrected chi connectivity index (χ4v) is 3.85. The molecular weight excluding hydrogens is 324 g/mol. The first-order valence-electron chi connectivity index (χ1n) is 9.65. The van der Waals surface area contributed by atoms with Gasteiger partial charge in [-0.15, -0.1) is 0 Å². The van der Waals surface area contributed by atoms with Gasteiger partial charge in [0.05, 0.1) is 18.2 Å². The van der Waals surface area contributed by atoms with Crippen LogP contribution in [0.3, 0.4) is 0 Å². The van der Waals surface area contributed by atoms with E-state index in [2.05, 4.69) is 17.5 Å². The first-order valence-corrected chi connectivity index (χ1v) is 9.65. The minimum absolute atomic E-state index is 0.172. The predicted octanol–water partition coefficient (Wildman–Crippen LogP) is 2.02. The van der Waals surface area contributed by atoms with E-state index in [-0.39, 0.29) is 11.3 Å². The number of amides is 1. The summed E-state index contributed by atoms with van der Waals surface area (Å²) >= 11 is 0. The van der Waals surface area contributed by atoms with Crippen molar-refractivity contribution >= 4 is 5.91 Å². The third kappa shape index (κ3) is 5.06. The molecule has 0 spiro atoms. The summed E-state index contributed by atoms with van der Waals surface area (Å²) in [4.78, 5) is 16.3. The molecule has 0 radical (unpaired) electrons. The molecule has 2 aliphatic rings. The monoisotopic (exact) mass is 354 g/mol. The van der Waals surface area contributed by atoms with Crippen LogP contribution in [0.2, 0.25) is 0 Å². The number of hydrogen-bond acceptors (Lipinski definition) is 4. The van der Waals surface area contributed by atoms with Gasteiger partial charge in [-0.1, -0.05) is 12.1 Å². The Hall–Kier alpha value is -1.90. The Morgan fingerprint density at radius 2 is 2.08 bits per heavy atom. The zero-order chi connectivity index (χ0) is 18.6. The third-order valence-corrected chi connectivity index (χ3v) is 5.61. The molecule has 1 heterocycles. The number of nitrogens with zero attached hydrogens (tertiary/aromatic N) is 3. The van der Waals surface area contributed by atoms with Gasteiger partial charge in [0.2, 0.25) is 5.91 Å². The van der Waals surface area contributed by atoms with Crippen LogP contribution >= 0.6 is 0 Å². The lowest BCUT2D eigenvalue weighted by molar-refractivity contribution is -0.134. The smallest absolute Gasteiger partial charge is 0.236 e. The fourth-order valence-electron chi connectivity index (χ4n) is 3.85. The number of hydrogen-bond donors (Lipinski definition) is 1. The van der Waals surface area contributed by atoms with Gasteiger partial charge in [-0.05, 0) is 69.3 Å². The lowest BCUT2D eigenvalue weighted by atomic mass is 9.73. The van der Waals surface area contributed by atoms with Gasteiger partial charge in [0, 0.05) is 25.7 Å². The summed E-state index contributed by atoms with van der Waals surface area (Å²) in [5.74, 6) is 0.227. The molecule has 5 nitrogen and oxygen atoms in total. The summed E-state index contributed by atoms with van der Waals surface area (Å²) in [6.07, 6.45) is 5.57. The minimum atomic E-state index is 0.172. The highest BCUT2D eigenvalue weighted by Crippen LogP contribution is 2.36. The van der Waals surface area contributed by atoms with Crippen LogP contribution in [-0.4, -0.2) is 62.0 Å². The molecule has 0 aromatic heterocycles. The molecule has 26 heavy (non-hydrogen) atoms. The highest BCUT2D eigenvalue weighted by Gasteiger charge is 2.37. The molecule has 1 aliphatic heterocycles. The number of nitrogens with one attached hydrogen (secondary N) is 1. The third-order valence-electron chi connectivity index (χ3n) is 5.61.